The normalized spacial score (nSPS) is 20.6. The molecular formula is C13H20N2O2S. The van der Waals surface area contributed by atoms with Gasteiger partial charge in [-0.05, 0) is 25.2 Å². The molecule has 0 saturated heterocycles. The number of carboxylic acid groups (broad SMARTS) is 1. The largest absolute Gasteiger partial charge is 0.481 e. The van der Waals surface area contributed by atoms with Crippen LogP contribution in [0.25, 0.3) is 0 Å². The molecule has 1 aliphatic rings. The Bertz CT molecular complexity index is 462. The van der Waals surface area contributed by atoms with Crippen molar-refractivity contribution in [1.82, 2.24) is 4.98 Å². The number of rotatable bonds is 3. The van der Waals surface area contributed by atoms with E-state index < -0.39 is 11.9 Å². The van der Waals surface area contributed by atoms with Gasteiger partial charge in [0.15, 0.2) is 5.13 Å². The Morgan fingerprint density at radius 2 is 2.22 bits per heavy atom. The maximum Gasteiger partial charge on any atom is 0.312 e. The summed E-state index contributed by atoms with van der Waals surface area (Å²) in [5.74, 6) is -1.16. The van der Waals surface area contributed by atoms with Crippen LogP contribution in [0.15, 0.2) is 0 Å². The van der Waals surface area contributed by atoms with Gasteiger partial charge in [0.1, 0.15) is 5.92 Å². The summed E-state index contributed by atoms with van der Waals surface area (Å²) in [5, 5.41) is 13.4. The van der Waals surface area contributed by atoms with Crippen LogP contribution < -0.4 is 5.32 Å². The van der Waals surface area contributed by atoms with Gasteiger partial charge in [0.25, 0.3) is 0 Å². The van der Waals surface area contributed by atoms with Gasteiger partial charge in [0.05, 0.1) is 5.69 Å². The lowest BCUT2D eigenvalue weighted by Crippen LogP contribution is -2.30. The Morgan fingerprint density at radius 1 is 1.56 bits per heavy atom. The van der Waals surface area contributed by atoms with Crippen molar-refractivity contribution in [3.63, 3.8) is 0 Å². The second-order valence-corrected chi connectivity index (χ2v) is 7.07. The third-order valence-corrected chi connectivity index (χ3v) is 4.72. The summed E-state index contributed by atoms with van der Waals surface area (Å²) in [5.41, 5.74) is 0.929. The first kappa shape index (κ1) is 13.3. The number of anilines is 1. The number of nitrogens with one attached hydrogen (secondary N) is 1. The van der Waals surface area contributed by atoms with Gasteiger partial charge in [-0.3, -0.25) is 4.79 Å². The highest BCUT2D eigenvalue weighted by Crippen LogP contribution is 2.39. The van der Waals surface area contributed by atoms with Crippen molar-refractivity contribution >= 4 is 22.4 Å². The number of fused-ring (bicyclic) bond motifs is 1. The quantitative estimate of drug-likeness (QED) is 0.884. The number of aromatic nitrogens is 1. The molecule has 0 saturated carbocycles. The highest BCUT2D eigenvalue weighted by molar-refractivity contribution is 7.15. The van der Waals surface area contributed by atoms with Gasteiger partial charge in [-0.1, -0.05) is 20.8 Å². The minimum Gasteiger partial charge on any atom is -0.481 e. The van der Waals surface area contributed by atoms with Crippen LogP contribution >= 0.6 is 11.3 Å². The molecule has 1 heterocycles. The van der Waals surface area contributed by atoms with Crippen molar-refractivity contribution in [3.8, 4) is 0 Å². The molecule has 0 radical (unpaired) electrons. The first-order valence-electron chi connectivity index (χ1n) is 6.28. The zero-order chi connectivity index (χ0) is 13.5. The molecule has 1 aromatic heterocycles. The number of nitrogens with zero attached hydrogens (tertiary/aromatic N) is 1. The van der Waals surface area contributed by atoms with E-state index in [-0.39, 0.29) is 5.41 Å². The molecule has 0 spiro atoms. The molecule has 5 heteroatoms. The van der Waals surface area contributed by atoms with Gasteiger partial charge in [-0.25, -0.2) is 4.98 Å². The Kier molecular flexibility index (Phi) is 3.36. The standard InChI is InChI=1S/C13H20N2O2S/c1-7(13(2,3)4)14-12-15-10-8(11(16)17)5-6-9(10)18-12/h7-8H,5-6H2,1-4H3,(H,14,15)(H,16,17). The van der Waals surface area contributed by atoms with E-state index in [0.29, 0.717) is 12.5 Å². The third-order valence-electron chi connectivity index (χ3n) is 3.65. The van der Waals surface area contributed by atoms with E-state index in [4.69, 9.17) is 5.11 Å². The molecular weight excluding hydrogens is 248 g/mol. The van der Waals surface area contributed by atoms with E-state index in [1.54, 1.807) is 11.3 Å². The number of thiazole rings is 1. The predicted molar refractivity (Wildman–Crippen MR) is 73.4 cm³/mol. The molecule has 1 aromatic rings. The molecule has 0 aromatic carbocycles. The average molecular weight is 268 g/mol. The first-order valence-corrected chi connectivity index (χ1v) is 7.09. The molecule has 0 bridgehead atoms. The number of hydrogen-bond donors (Lipinski definition) is 2. The Morgan fingerprint density at radius 3 is 2.78 bits per heavy atom. The summed E-state index contributed by atoms with van der Waals surface area (Å²) in [4.78, 5) is 16.7. The molecule has 1 aliphatic carbocycles. The minimum absolute atomic E-state index is 0.155. The van der Waals surface area contributed by atoms with Gasteiger partial charge < -0.3 is 10.4 Å². The van der Waals surface area contributed by atoms with Crippen LogP contribution in [0.3, 0.4) is 0 Å². The molecule has 0 amide bonds. The number of aryl methyl sites for hydroxylation is 1. The molecule has 0 fully saturated rings. The summed E-state index contributed by atoms with van der Waals surface area (Å²) in [6, 6.07) is 0.298. The monoisotopic (exact) mass is 268 g/mol. The van der Waals surface area contributed by atoms with Crippen LogP contribution in [-0.2, 0) is 11.2 Å². The van der Waals surface area contributed by atoms with Crippen LogP contribution in [0.1, 0.15) is 50.6 Å². The minimum atomic E-state index is -0.755. The fraction of sp³-hybridized carbons (Fsp3) is 0.692. The highest BCUT2D eigenvalue weighted by atomic mass is 32.1. The maximum absolute atomic E-state index is 11.1. The molecule has 4 nitrogen and oxygen atoms in total. The van der Waals surface area contributed by atoms with E-state index in [2.05, 4.69) is 38.0 Å². The summed E-state index contributed by atoms with van der Waals surface area (Å²) in [6.07, 6.45) is 1.54. The van der Waals surface area contributed by atoms with Gasteiger partial charge in [0, 0.05) is 10.9 Å². The van der Waals surface area contributed by atoms with Gasteiger partial charge in [0.2, 0.25) is 0 Å². The smallest absolute Gasteiger partial charge is 0.312 e. The lowest BCUT2D eigenvalue weighted by atomic mass is 9.88. The topological polar surface area (TPSA) is 62.2 Å². The van der Waals surface area contributed by atoms with Crippen LogP contribution in [-0.4, -0.2) is 22.1 Å². The predicted octanol–water partition coefficient (Wildman–Crippen LogP) is 3.10. The maximum atomic E-state index is 11.1. The van der Waals surface area contributed by atoms with Crippen molar-refractivity contribution < 1.29 is 9.90 Å². The fourth-order valence-corrected chi connectivity index (χ4v) is 3.06. The van der Waals surface area contributed by atoms with Crippen molar-refractivity contribution in [2.24, 2.45) is 5.41 Å². The van der Waals surface area contributed by atoms with Crippen molar-refractivity contribution in [2.75, 3.05) is 5.32 Å². The Hall–Kier alpha value is -1.10. The first-order chi connectivity index (χ1) is 8.29. The average Bonchev–Trinajstić information content (AvgIpc) is 2.74. The SMILES string of the molecule is CC(Nc1nc2c(s1)CCC2C(=O)O)C(C)(C)C. The van der Waals surface area contributed by atoms with Crippen molar-refractivity contribution in [2.45, 2.75) is 52.5 Å². The van der Waals surface area contributed by atoms with Crippen LogP contribution in [0, 0.1) is 5.41 Å². The fourth-order valence-electron chi connectivity index (χ4n) is 1.93. The van der Waals surface area contributed by atoms with E-state index >= 15 is 0 Å². The van der Waals surface area contributed by atoms with E-state index in [9.17, 15) is 4.79 Å². The van der Waals surface area contributed by atoms with Crippen LogP contribution in [0.5, 0.6) is 0 Å². The Labute approximate surface area is 111 Å². The zero-order valence-corrected chi connectivity index (χ0v) is 12.1. The third kappa shape index (κ3) is 2.51. The zero-order valence-electron chi connectivity index (χ0n) is 11.3. The van der Waals surface area contributed by atoms with E-state index in [1.165, 1.54) is 0 Å². The summed E-state index contributed by atoms with van der Waals surface area (Å²) < 4.78 is 0. The number of carboxylic acids is 1. The van der Waals surface area contributed by atoms with Crippen LogP contribution in [0.4, 0.5) is 5.13 Å². The Balaban J connectivity index is 2.15. The molecule has 2 N–H and O–H groups in total. The highest BCUT2D eigenvalue weighted by Gasteiger charge is 2.33. The lowest BCUT2D eigenvalue weighted by Gasteiger charge is -2.27. The molecule has 2 unspecified atom stereocenters. The second kappa shape index (κ2) is 4.53. The summed E-state index contributed by atoms with van der Waals surface area (Å²) in [7, 11) is 0. The van der Waals surface area contributed by atoms with Crippen molar-refractivity contribution in [3.05, 3.63) is 10.6 Å². The molecule has 18 heavy (non-hydrogen) atoms. The molecule has 2 rings (SSSR count). The second-order valence-electron chi connectivity index (χ2n) is 5.99. The van der Waals surface area contributed by atoms with Gasteiger partial charge in [-0.2, -0.15) is 0 Å². The summed E-state index contributed by atoms with van der Waals surface area (Å²) >= 11 is 1.60. The summed E-state index contributed by atoms with van der Waals surface area (Å²) in [6.45, 7) is 8.64. The molecule has 100 valence electrons. The van der Waals surface area contributed by atoms with Crippen molar-refractivity contribution in [1.29, 1.82) is 0 Å². The number of carbonyl (C=O) groups is 1. The van der Waals surface area contributed by atoms with Crippen LogP contribution in [0.2, 0.25) is 0 Å². The van der Waals surface area contributed by atoms with Gasteiger partial charge in [-0.15, -0.1) is 11.3 Å². The number of aliphatic carboxylic acids is 1. The lowest BCUT2D eigenvalue weighted by molar-refractivity contribution is -0.138. The molecule has 0 aliphatic heterocycles. The molecule has 2 atom stereocenters. The number of hydrogen-bond acceptors (Lipinski definition) is 4. The van der Waals surface area contributed by atoms with E-state index in [0.717, 1.165) is 22.1 Å². The van der Waals surface area contributed by atoms with E-state index in [1.807, 2.05) is 0 Å². The van der Waals surface area contributed by atoms with Gasteiger partial charge >= 0.3 is 5.97 Å².